The van der Waals surface area contributed by atoms with Gasteiger partial charge in [0.1, 0.15) is 6.04 Å². The molecule has 218 valence electrons. The van der Waals surface area contributed by atoms with E-state index in [-0.39, 0.29) is 17.9 Å². The van der Waals surface area contributed by atoms with Crippen molar-refractivity contribution in [2.75, 3.05) is 57.8 Å². The Hall–Kier alpha value is -2.32. The van der Waals surface area contributed by atoms with Crippen LogP contribution in [0, 0.1) is 5.92 Å². The molecule has 0 aliphatic carbocycles. The van der Waals surface area contributed by atoms with Crippen LogP contribution < -0.4 is 15.5 Å². The molecule has 2 heterocycles. The number of nitrogens with one attached hydrogen (secondary N) is 2. The molecule has 9 heteroatoms. The first-order valence-electron chi connectivity index (χ1n) is 14.5. The summed E-state index contributed by atoms with van der Waals surface area (Å²) in [7, 11) is 1.97. The van der Waals surface area contributed by atoms with E-state index in [0.717, 1.165) is 44.6 Å². The van der Waals surface area contributed by atoms with Gasteiger partial charge in [-0.15, -0.1) is 0 Å². The zero-order chi connectivity index (χ0) is 28.6. The predicted molar refractivity (Wildman–Crippen MR) is 164 cm³/mol. The molecule has 4 rings (SSSR count). The molecule has 2 N–H and O–H groups in total. The molecule has 0 saturated carbocycles. The van der Waals surface area contributed by atoms with E-state index in [2.05, 4.69) is 53.6 Å². The summed E-state index contributed by atoms with van der Waals surface area (Å²) in [6, 6.07) is 13.7. The average molecular weight is 589 g/mol. The maximum Gasteiger partial charge on any atom is 0.245 e. The standard InChI is InChI=1S/C31H43Cl2N5O2/c1-22(2)19-27(35-13-12-34-3)25-7-4-5-8-28(25)36-15-17-37(18-16-36)31(40)29(38-14-6-9-30(38)39)20-23-10-11-24(32)21-26(23)33/h4-5,7-8,10-11,21-22,27,29,34-35H,6,9,12-20H2,1-3H3/t27-,29+/m0/s1. The highest BCUT2D eigenvalue weighted by atomic mass is 35.5. The molecule has 2 aromatic rings. The molecule has 0 spiro atoms. The first-order valence-corrected chi connectivity index (χ1v) is 15.3. The summed E-state index contributed by atoms with van der Waals surface area (Å²) in [5.41, 5.74) is 3.38. The summed E-state index contributed by atoms with van der Waals surface area (Å²) in [5.74, 6) is 0.604. The predicted octanol–water partition coefficient (Wildman–Crippen LogP) is 4.77. The molecular formula is C31H43Cl2N5O2. The smallest absolute Gasteiger partial charge is 0.245 e. The highest BCUT2D eigenvalue weighted by molar-refractivity contribution is 6.35. The number of likely N-dealkylation sites (tertiary alicyclic amines) is 1. The molecule has 40 heavy (non-hydrogen) atoms. The minimum Gasteiger partial charge on any atom is -0.368 e. The average Bonchev–Trinajstić information content (AvgIpc) is 3.37. The summed E-state index contributed by atoms with van der Waals surface area (Å²) < 4.78 is 0. The van der Waals surface area contributed by atoms with Gasteiger partial charge in [-0.25, -0.2) is 0 Å². The van der Waals surface area contributed by atoms with Crippen LogP contribution in [0.25, 0.3) is 0 Å². The van der Waals surface area contributed by atoms with Crippen LogP contribution in [0.2, 0.25) is 10.0 Å². The van der Waals surface area contributed by atoms with Gasteiger partial charge in [0.2, 0.25) is 11.8 Å². The number of benzene rings is 2. The van der Waals surface area contributed by atoms with Gasteiger partial charge in [-0.1, -0.05) is 61.3 Å². The minimum absolute atomic E-state index is 0.000573. The highest BCUT2D eigenvalue weighted by Crippen LogP contribution is 2.32. The molecule has 2 amide bonds. The van der Waals surface area contributed by atoms with Crippen LogP contribution in [0.5, 0.6) is 0 Å². The van der Waals surface area contributed by atoms with Crippen molar-refractivity contribution in [3.63, 3.8) is 0 Å². The summed E-state index contributed by atoms with van der Waals surface area (Å²) >= 11 is 12.6. The van der Waals surface area contributed by atoms with Crippen molar-refractivity contribution in [1.29, 1.82) is 0 Å². The van der Waals surface area contributed by atoms with E-state index in [1.54, 1.807) is 17.0 Å². The molecule has 2 aromatic carbocycles. The Balaban J connectivity index is 1.48. The number of nitrogens with zero attached hydrogens (tertiary/aromatic N) is 3. The number of carbonyl (C=O) groups excluding carboxylic acids is 2. The van der Waals surface area contributed by atoms with Crippen molar-refractivity contribution in [2.45, 2.75) is 51.6 Å². The second-order valence-electron chi connectivity index (χ2n) is 11.3. The van der Waals surface area contributed by atoms with Crippen molar-refractivity contribution < 1.29 is 9.59 Å². The largest absolute Gasteiger partial charge is 0.368 e. The van der Waals surface area contributed by atoms with Crippen LogP contribution >= 0.6 is 23.2 Å². The minimum atomic E-state index is -0.556. The third kappa shape index (κ3) is 7.69. The van der Waals surface area contributed by atoms with Gasteiger partial charge in [0.05, 0.1) is 0 Å². The van der Waals surface area contributed by atoms with E-state index in [1.165, 1.54) is 11.3 Å². The molecule has 2 aliphatic heterocycles. The first-order chi connectivity index (χ1) is 19.3. The molecule has 7 nitrogen and oxygen atoms in total. The van der Waals surface area contributed by atoms with Crippen LogP contribution in [-0.4, -0.2) is 80.5 Å². The molecular weight excluding hydrogens is 545 g/mol. The van der Waals surface area contributed by atoms with Gasteiger partial charge in [-0.3, -0.25) is 9.59 Å². The van der Waals surface area contributed by atoms with Crippen molar-refractivity contribution in [2.24, 2.45) is 5.92 Å². The van der Waals surface area contributed by atoms with Crippen LogP contribution in [0.15, 0.2) is 42.5 Å². The topological polar surface area (TPSA) is 67.9 Å². The van der Waals surface area contributed by atoms with Crippen LogP contribution in [0.1, 0.15) is 50.3 Å². The van der Waals surface area contributed by atoms with Crippen molar-refractivity contribution in [3.05, 3.63) is 63.6 Å². The first kappa shape index (κ1) is 30.6. The number of para-hydroxylation sites is 1. The second kappa shape index (κ2) is 14.5. The van der Waals surface area contributed by atoms with Gasteiger partial charge in [0, 0.05) is 80.4 Å². The molecule has 0 unspecified atom stereocenters. The molecule has 2 aliphatic rings. The Labute approximate surface area is 249 Å². The van der Waals surface area contributed by atoms with E-state index in [4.69, 9.17) is 23.2 Å². The summed E-state index contributed by atoms with van der Waals surface area (Å²) in [6.07, 6.45) is 2.71. The number of rotatable bonds is 12. The third-order valence-corrected chi connectivity index (χ3v) is 8.50. The van der Waals surface area contributed by atoms with E-state index in [9.17, 15) is 9.59 Å². The Morgan fingerprint density at radius 2 is 1.75 bits per heavy atom. The van der Waals surface area contributed by atoms with E-state index in [1.807, 2.05) is 18.0 Å². The lowest BCUT2D eigenvalue weighted by Gasteiger charge is -2.40. The SMILES string of the molecule is CNCCN[C@@H](CC(C)C)c1ccccc1N1CCN(C(=O)[C@@H](Cc2ccc(Cl)cc2Cl)N2CCCC2=O)CC1. The zero-order valence-electron chi connectivity index (χ0n) is 24.0. The molecule has 2 fully saturated rings. The number of carbonyl (C=O) groups is 2. The summed E-state index contributed by atoms with van der Waals surface area (Å²) in [4.78, 5) is 32.7. The van der Waals surface area contributed by atoms with Gasteiger partial charge < -0.3 is 25.3 Å². The molecule has 0 bridgehead atoms. The number of hydrogen-bond acceptors (Lipinski definition) is 5. The van der Waals surface area contributed by atoms with Gasteiger partial charge in [0.25, 0.3) is 0 Å². The number of hydrogen-bond donors (Lipinski definition) is 2. The second-order valence-corrected chi connectivity index (χ2v) is 12.1. The number of amides is 2. The van der Waals surface area contributed by atoms with Gasteiger partial charge >= 0.3 is 0 Å². The fraction of sp³-hybridized carbons (Fsp3) is 0.548. The molecule has 2 saturated heterocycles. The number of anilines is 1. The van der Waals surface area contributed by atoms with Crippen LogP contribution in [0.3, 0.4) is 0 Å². The Morgan fingerprint density at radius 3 is 2.40 bits per heavy atom. The number of halogens is 2. The van der Waals surface area contributed by atoms with Gasteiger partial charge in [-0.05, 0) is 55.1 Å². The third-order valence-electron chi connectivity index (χ3n) is 7.92. The monoisotopic (exact) mass is 587 g/mol. The maximum absolute atomic E-state index is 13.9. The quantitative estimate of drug-likeness (QED) is 0.350. The summed E-state index contributed by atoms with van der Waals surface area (Å²) in [6.45, 7) is 9.66. The van der Waals surface area contributed by atoms with Crippen molar-refractivity contribution in [1.82, 2.24) is 20.4 Å². The fourth-order valence-electron chi connectivity index (χ4n) is 5.84. The zero-order valence-corrected chi connectivity index (χ0v) is 25.5. The van der Waals surface area contributed by atoms with Crippen molar-refractivity contribution >= 4 is 40.7 Å². The lowest BCUT2D eigenvalue weighted by atomic mass is 9.95. The molecule has 0 radical (unpaired) electrons. The molecule has 2 atom stereocenters. The van der Waals surface area contributed by atoms with E-state index < -0.39 is 6.04 Å². The van der Waals surface area contributed by atoms with Crippen molar-refractivity contribution in [3.8, 4) is 0 Å². The highest BCUT2D eigenvalue weighted by Gasteiger charge is 2.37. The maximum atomic E-state index is 13.9. The Morgan fingerprint density at radius 1 is 1.00 bits per heavy atom. The lowest BCUT2D eigenvalue weighted by Crippen LogP contribution is -2.56. The van der Waals surface area contributed by atoms with Crippen LogP contribution in [0.4, 0.5) is 5.69 Å². The van der Waals surface area contributed by atoms with Gasteiger partial charge in [0.15, 0.2) is 0 Å². The Bertz CT molecular complexity index is 1150. The van der Waals surface area contributed by atoms with Crippen LogP contribution in [-0.2, 0) is 16.0 Å². The summed E-state index contributed by atoms with van der Waals surface area (Å²) in [5, 5.41) is 8.05. The fourth-order valence-corrected chi connectivity index (χ4v) is 6.32. The Kier molecular flexibility index (Phi) is 11.1. The van der Waals surface area contributed by atoms with E-state index in [0.29, 0.717) is 48.4 Å². The normalized spacial score (nSPS) is 17.6. The lowest BCUT2D eigenvalue weighted by molar-refractivity contribution is -0.143. The number of piperazine rings is 1. The number of likely N-dealkylation sites (N-methyl/N-ethyl adjacent to an activating group) is 1. The van der Waals surface area contributed by atoms with Gasteiger partial charge in [-0.2, -0.15) is 0 Å². The molecule has 0 aromatic heterocycles. The van der Waals surface area contributed by atoms with E-state index >= 15 is 0 Å².